The summed E-state index contributed by atoms with van der Waals surface area (Å²) >= 11 is 0. The Morgan fingerprint density at radius 1 is 1.62 bits per heavy atom. The lowest BCUT2D eigenvalue weighted by molar-refractivity contribution is -0.385. The summed E-state index contributed by atoms with van der Waals surface area (Å²) in [5.74, 6) is -0.609. The van der Waals surface area contributed by atoms with Crippen LogP contribution >= 0.6 is 0 Å². The molecule has 0 spiro atoms. The highest BCUT2D eigenvalue weighted by Crippen LogP contribution is 2.27. The molecule has 0 amide bonds. The van der Waals surface area contributed by atoms with E-state index in [0.29, 0.717) is 6.42 Å². The van der Waals surface area contributed by atoms with Gasteiger partial charge in [0.25, 0.3) is 0 Å². The second-order valence-electron chi connectivity index (χ2n) is 3.42. The van der Waals surface area contributed by atoms with Gasteiger partial charge < -0.3 is 4.74 Å². The van der Waals surface area contributed by atoms with Crippen LogP contribution in [-0.4, -0.2) is 11.5 Å². The lowest BCUT2D eigenvalue weighted by Gasteiger charge is -2.06. The van der Waals surface area contributed by atoms with E-state index in [1.165, 1.54) is 0 Å². The number of rotatable bonds is 5. The number of halogens is 1. The number of benzene rings is 1. The molecule has 1 aromatic carbocycles. The quantitative estimate of drug-likeness (QED) is 0.439. The molecule has 5 heteroatoms. The highest BCUT2D eigenvalue weighted by atomic mass is 19.1. The first-order chi connectivity index (χ1) is 7.50. The molecular formula is C11H12FNO3. The van der Waals surface area contributed by atoms with Crippen molar-refractivity contribution in [2.45, 2.75) is 13.3 Å². The standard InChI is InChI=1S/C11H12FNO3/c1-8(2)5-6-16-11-7-9(12)3-4-10(11)13(14)15/h3-4,7H,1,5-6H2,2H3. The van der Waals surface area contributed by atoms with E-state index in [9.17, 15) is 14.5 Å². The van der Waals surface area contributed by atoms with E-state index < -0.39 is 10.7 Å². The van der Waals surface area contributed by atoms with Crippen LogP contribution in [0.25, 0.3) is 0 Å². The summed E-state index contributed by atoms with van der Waals surface area (Å²) in [4.78, 5) is 10.0. The lowest BCUT2D eigenvalue weighted by Crippen LogP contribution is -2.01. The van der Waals surface area contributed by atoms with E-state index in [1.54, 1.807) is 0 Å². The van der Waals surface area contributed by atoms with E-state index in [0.717, 1.165) is 23.8 Å². The van der Waals surface area contributed by atoms with Crippen LogP contribution in [0.5, 0.6) is 5.75 Å². The fourth-order valence-electron chi connectivity index (χ4n) is 1.09. The summed E-state index contributed by atoms with van der Waals surface area (Å²) in [7, 11) is 0. The largest absolute Gasteiger partial charge is 0.486 e. The SMILES string of the molecule is C=C(C)CCOc1cc(F)ccc1[N+](=O)[O-]. The van der Waals surface area contributed by atoms with Gasteiger partial charge in [-0.05, 0) is 13.0 Å². The van der Waals surface area contributed by atoms with E-state index in [1.807, 2.05) is 6.92 Å². The zero-order valence-corrected chi connectivity index (χ0v) is 8.90. The van der Waals surface area contributed by atoms with E-state index in [-0.39, 0.29) is 18.0 Å². The molecule has 16 heavy (non-hydrogen) atoms. The number of hydrogen-bond donors (Lipinski definition) is 0. The molecule has 0 bridgehead atoms. The van der Waals surface area contributed by atoms with Crippen LogP contribution in [0.15, 0.2) is 30.4 Å². The van der Waals surface area contributed by atoms with E-state index in [2.05, 4.69) is 6.58 Å². The monoisotopic (exact) mass is 225 g/mol. The Hall–Kier alpha value is -1.91. The van der Waals surface area contributed by atoms with Crippen LogP contribution < -0.4 is 4.74 Å². The van der Waals surface area contributed by atoms with Gasteiger partial charge in [-0.2, -0.15) is 0 Å². The van der Waals surface area contributed by atoms with Crippen LogP contribution in [0.2, 0.25) is 0 Å². The predicted octanol–water partition coefficient (Wildman–Crippen LogP) is 3.08. The average molecular weight is 225 g/mol. The summed E-state index contributed by atoms with van der Waals surface area (Å²) < 4.78 is 18.0. The molecule has 1 rings (SSSR count). The molecule has 0 N–H and O–H groups in total. The molecule has 86 valence electrons. The molecule has 1 aromatic rings. The van der Waals surface area contributed by atoms with Crippen LogP contribution in [0.4, 0.5) is 10.1 Å². The zero-order valence-electron chi connectivity index (χ0n) is 8.90. The first kappa shape index (κ1) is 12.2. The third kappa shape index (κ3) is 3.34. The Morgan fingerprint density at radius 3 is 2.88 bits per heavy atom. The summed E-state index contributed by atoms with van der Waals surface area (Å²) in [5, 5.41) is 10.6. The van der Waals surface area contributed by atoms with Gasteiger partial charge in [0, 0.05) is 18.6 Å². The van der Waals surface area contributed by atoms with Crippen molar-refractivity contribution in [1.82, 2.24) is 0 Å². The van der Waals surface area contributed by atoms with Gasteiger partial charge >= 0.3 is 5.69 Å². The van der Waals surface area contributed by atoms with Crippen LogP contribution in [-0.2, 0) is 0 Å². The van der Waals surface area contributed by atoms with Crippen molar-refractivity contribution in [3.8, 4) is 5.75 Å². The highest BCUT2D eigenvalue weighted by Gasteiger charge is 2.15. The van der Waals surface area contributed by atoms with Gasteiger partial charge in [-0.1, -0.05) is 5.57 Å². The molecule has 0 atom stereocenters. The van der Waals surface area contributed by atoms with Gasteiger partial charge in [0.05, 0.1) is 11.5 Å². The molecule has 0 aliphatic rings. The number of nitro benzene ring substituents is 1. The summed E-state index contributed by atoms with van der Waals surface area (Å²) in [6, 6.07) is 3.13. The minimum Gasteiger partial charge on any atom is -0.486 e. The molecule has 4 nitrogen and oxygen atoms in total. The zero-order chi connectivity index (χ0) is 12.1. The van der Waals surface area contributed by atoms with Crippen molar-refractivity contribution in [3.63, 3.8) is 0 Å². The van der Waals surface area contributed by atoms with Crippen molar-refractivity contribution < 1.29 is 14.1 Å². The van der Waals surface area contributed by atoms with Crippen LogP contribution in [0, 0.1) is 15.9 Å². The van der Waals surface area contributed by atoms with Crippen molar-refractivity contribution in [1.29, 1.82) is 0 Å². The normalized spacial score (nSPS) is 9.88. The first-order valence-electron chi connectivity index (χ1n) is 4.72. The molecule has 0 saturated heterocycles. The molecule has 0 aliphatic carbocycles. The van der Waals surface area contributed by atoms with Crippen molar-refractivity contribution >= 4 is 5.69 Å². The summed E-state index contributed by atoms with van der Waals surface area (Å²) in [6.45, 7) is 5.75. The van der Waals surface area contributed by atoms with Crippen molar-refractivity contribution in [2.75, 3.05) is 6.61 Å². The maximum absolute atomic E-state index is 12.9. The Morgan fingerprint density at radius 2 is 2.31 bits per heavy atom. The maximum Gasteiger partial charge on any atom is 0.311 e. The summed E-state index contributed by atoms with van der Waals surface area (Å²) in [6.07, 6.45) is 0.577. The Kier molecular flexibility index (Phi) is 3.99. The lowest BCUT2D eigenvalue weighted by atomic mass is 10.2. The molecule has 0 aliphatic heterocycles. The van der Waals surface area contributed by atoms with Crippen LogP contribution in [0.1, 0.15) is 13.3 Å². The van der Waals surface area contributed by atoms with Gasteiger partial charge in [0.2, 0.25) is 0 Å². The Bertz CT molecular complexity index is 418. The smallest absolute Gasteiger partial charge is 0.311 e. The molecular weight excluding hydrogens is 213 g/mol. The Balaban J connectivity index is 2.80. The van der Waals surface area contributed by atoms with E-state index >= 15 is 0 Å². The topological polar surface area (TPSA) is 52.4 Å². The second kappa shape index (κ2) is 5.25. The molecule has 0 heterocycles. The van der Waals surface area contributed by atoms with E-state index in [4.69, 9.17) is 4.74 Å². The van der Waals surface area contributed by atoms with Gasteiger partial charge in [-0.15, -0.1) is 6.58 Å². The van der Waals surface area contributed by atoms with Gasteiger partial charge in [-0.3, -0.25) is 10.1 Å². The predicted molar refractivity (Wildman–Crippen MR) is 58.0 cm³/mol. The molecule has 0 radical (unpaired) electrons. The minimum atomic E-state index is -0.602. The maximum atomic E-state index is 12.9. The fourth-order valence-corrected chi connectivity index (χ4v) is 1.09. The summed E-state index contributed by atoms with van der Waals surface area (Å²) in [5.41, 5.74) is 0.669. The number of ether oxygens (including phenoxy) is 1. The van der Waals surface area contributed by atoms with Crippen molar-refractivity contribution in [2.24, 2.45) is 0 Å². The Labute approximate surface area is 92.5 Å². The van der Waals surface area contributed by atoms with Gasteiger partial charge in [0.1, 0.15) is 5.82 Å². The van der Waals surface area contributed by atoms with Gasteiger partial charge in [0.15, 0.2) is 5.75 Å². The number of nitrogens with zero attached hydrogens (tertiary/aromatic N) is 1. The van der Waals surface area contributed by atoms with Crippen molar-refractivity contribution in [3.05, 3.63) is 46.3 Å². The second-order valence-corrected chi connectivity index (χ2v) is 3.42. The average Bonchev–Trinajstić information content (AvgIpc) is 2.16. The highest BCUT2D eigenvalue weighted by molar-refractivity contribution is 5.46. The van der Waals surface area contributed by atoms with Gasteiger partial charge in [-0.25, -0.2) is 4.39 Å². The molecule has 0 fully saturated rings. The molecule has 0 saturated carbocycles. The molecule has 0 aromatic heterocycles. The van der Waals surface area contributed by atoms with Crippen LogP contribution in [0.3, 0.4) is 0 Å². The first-order valence-corrected chi connectivity index (χ1v) is 4.72. The number of nitro groups is 1. The number of hydrogen-bond acceptors (Lipinski definition) is 3. The third-order valence-corrected chi connectivity index (χ3v) is 1.90. The minimum absolute atomic E-state index is 0.0498. The fraction of sp³-hybridized carbons (Fsp3) is 0.273. The third-order valence-electron chi connectivity index (χ3n) is 1.90. The molecule has 0 unspecified atom stereocenters.